The van der Waals surface area contributed by atoms with E-state index < -0.39 is 5.97 Å². The van der Waals surface area contributed by atoms with Crippen molar-refractivity contribution in [1.29, 1.82) is 0 Å². The second kappa shape index (κ2) is 7.98. The molecule has 2 aromatic carbocycles. The minimum atomic E-state index is -0.453. The maximum Gasteiger partial charge on any atom is 0.340 e. The molecule has 0 bridgehead atoms. The van der Waals surface area contributed by atoms with Gasteiger partial charge in [-0.3, -0.25) is 4.90 Å². The van der Waals surface area contributed by atoms with Gasteiger partial charge in [0.15, 0.2) is 0 Å². The number of ether oxygens (including phenoxy) is 1. The Balaban J connectivity index is 2.21. The number of hydrogen-bond donors (Lipinski definition) is 1. The van der Waals surface area contributed by atoms with Crippen molar-refractivity contribution in [2.45, 2.75) is 13.8 Å². The molecule has 0 atom stereocenters. The van der Waals surface area contributed by atoms with Crippen molar-refractivity contribution in [3.8, 4) is 0 Å². The van der Waals surface area contributed by atoms with Gasteiger partial charge in [-0.1, -0.05) is 30.3 Å². The molecule has 0 fully saturated rings. The van der Waals surface area contributed by atoms with E-state index in [1.165, 1.54) is 0 Å². The van der Waals surface area contributed by atoms with Crippen LogP contribution >= 0.6 is 0 Å². The van der Waals surface area contributed by atoms with Crippen LogP contribution in [0.25, 0.3) is 0 Å². The predicted octanol–water partition coefficient (Wildman–Crippen LogP) is 3.92. The first-order chi connectivity index (χ1) is 11.2. The highest BCUT2D eigenvalue weighted by atomic mass is 16.5. The van der Waals surface area contributed by atoms with Gasteiger partial charge in [0.25, 0.3) is 0 Å². The number of urea groups is 1. The molecule has 0 radical (unpaired) electrons. The Labute approximate surface area is 135 Å². The Kier molecular flexibility index (Phi) is 5.74. The standard InChI is InChI=1S/C18H20N2O3/c1-3-20(14-10-6-5-7-11-14)18(22)19-16-13-9-8-12-15(16)17(21)23-4-2/h5-13H,3-4H2,1-2H3,(H,19,22). The lowest BCUT2D eigenvalue weighted by atomic mass is 10.2. The summed E-state index contributed by atoms with van der Waals surface area (Å²) in [6.07, 6.45) is 0. The van der Waals surface area contributed by atoms with Gasteiger partial charge in [0.05, 0.1) is 17.9 Å². The van der Waals surface area contributed by atoms with Crippen LogP contribution in [-0.2, 0) is 4.74 Å². The number of para-hydroxylation sites is 2. The lowest BCUT2D eigenvalue weighted by Gasteiger charge is -2.22. The van der Waals surface area contributed by atoms with Crippen LogP contribution in [0.3, 0.4) is 0 Å². The van der Waals surface area contributed by atoms with Gasteiger partial charge < -0.3 is 10.1 Å². The van der Waals surface area contributed by atoms with E-state index in [9.17, 15) is 9.59 Å². The van der Waals surface area contributed by atoms with Gasteiger partial charge in [-0.25, -0.2) is 9.59 Å². The minimum absolute atomic E-state index is 0.284. The van der Waals surface area contributed by atoms with Gasteiger partial charge in [0.1, 0.15) is 0 Å². The number of carbonyl (C=O) groups excluding carboxylic acids is 2. The lowest BCUT2D eigenvalue weighted by molar-refractivity contribution is 0.0527. The molecule has 120 valence electrons. The summed E-state index contributed by atoms with van der Waals surface area (Å²) in [6, 6.07) is 15.9. The zero-order valence-corrected chi connectivity index (χ0v) is 13.3. The Morgan fingerprint density at radius 1 is 1.00 bits per heavy atom. The maximum atomic E-state index is 12.5. The average molecular weight is 312 g/mol. The third-order valence-electron chi connectivity index (χ3n) is 3.29. The molecule has 1 N–H and O–H groups in total. The highest BCUT2D eigenvalue weighted by Crippen LogP contribution is 2.19. The molecule has 0 aliphatic heterocycles. The Bertz CT molecular complexity index is 671. The van der Waals surface area contributed by atoms with Gasteiger partial charge in [-0.05, 0) is 38.1 Å². The van der Waals surface area contributed by atoms with Crippen molar-refractivity contribution in [3.05, 3.63) is 60.2 Å². The number of hydrogen-bond acceptors (Lipinski definition) is 3. The first kappa shape index (κ1) is 16.5. The van der Waals surface area contributed by atoms with Crippen LogP contribution in [0, 0.1) is 0 Å². The smallest absolute Gasteiger partial charge is 0.340 e. The summed E-state index contributed by atoms with van der Waals surface area (Å²) in [7, 11) is 0. The van der Waals surface area contributed by atoms with Crippen LogP contribution in [0.15, 0.2) is 54.6 Å². The van der Waals surface area contributed by atoms with Crippen molar-refractivity contribution >= 4 is 23.4 Å². The van der Waals surface area contributed by atoms with E-state index in [0.717, 1.165) is 5.69 Å². The summed E-state index contributed by atoms with van der Waals surface area (Å²) in [4.78, 5) is 26.1. The quantitative estimate of drug-likeness (QED) is 0.851. The van der Waals surface area contributed by atoms with Crippen LogP contribution in [0.1, 0.15) is 24.2 Å². The van der Waals surface area contributed by atoms with Crippen molar-refractivity contribution in [1.82, 2.24) is 0 Å². The molecule has 0 saturated carbocycles. The molecule has 5 heteroatoms. The van der Waals surface area contributed by atoms with E-state index >= 15 is 0 Å². The number of anilines is 2. The molecule has 0 aliphatic carbocycles. The highest BCUT2D eigenvalue weighted by molar-refractivity contribution is 6.06. The first-order valence-corrected chi connectivity index (χ1v) is 7.57. The maximum absolute atomic E-state index is 12.5. The zero-order chi connectivity index (χ0) is 16.7. The predicted molar refractivity (Wildman–Crippen MR) is 90.9 cm³/mol. The van der Waals surface area contributed by atoms with E-state index in [0.29, 0.717) is 17.8 Å². The lowest BCUT2D eigenvalue weighted by Crippen LogP contribution is -2.35. The average Bonchev–Trinajstić information content (AvgIpc) is 2.57. The third-order valence-corrected chi connectivity index (χ3v) is 3.29. The summed E-state index contributed by atoms with van der Waals surface area (Å²) < 4.78 is 5.02. The molecular weight excluding hydrogens is 292 g/mol. The molecule has 0 unspecified atom stereocenters. The number of benzene rings is 2. The zero-order valence-electron chi connectivity index (χ0n) is 13.3. The SMILES string of the molecule is CCOC(=O)c1ccccc1NC(=O)N(CC)c1ccccc1. The van der Waals surface area contributed by atoms with Crippen LogP contribution < -0.4 is 10.2 Å². The summed E-state index contributed by atoms with van der Waals surface area (Å²) in [5.74, 6) is -0.453. The van der Waals surface area contributed by atoms with Crippen LogP contribution in [0.5, 0.6) is 0 Å². The highest BCUT2D eigenvalue weighted by Gasteiger charge is 2.18. The molecule has 0 spiro atoms. The molecule has 0 heterocycles. The van der Waals surface area contributed by atoms with Crippen molar-refractivity contribution in [3.63, 3.8) is 0 Å². The topological polar surface area (TPSA) is 58.6 Å². The van der Waals surface area contributed by atoms with E-state index in [-0.39, 0.29) is 12.6 Å². The molecule has 0 aromatic heterocycles. The molecule has 0 saturated heterocycles. The third kappa shape index (κ3) is 4.10. The Morgan fingerprint density at radius 2 is 1.65 bits per heavy atom. The monoisotopic (exact) mass is 312 g/mol. The van der Waals surface area contributed by atoms with Crippen LogP contribution in [0.4, 0.5) is 16.2 Å². The van der Waals surface area contributed by atoms with E-state index in [1.54, 1.807) is 36.1 Å². The fourth-order valence-electron chi connectivity index (χ4n) is 2.21. The number of rotatable bonds is 5. The van der Waals surface area contributed by atoms with Gasteiger partial charge >= 0.3 is 12.0 Å². The van der Waals surface area contributed by atoms with Crippen molar-refractivity contribution < 1.29 is 14.3 Å². The van der Waals surface area contributed by atoms with E-state index in [4.69, 9.17) is 4.74 Å². The Hall–Kier alpha value is -2.82. The molecule has 2 rings (SSSR count). The second-order valence-electron chi connectivity index (χ2n) is 4.78. The van der Waals surface area contributed by atoms with Gasteiger partial charge in [0, 0.05) is 12.2 Å². The van der Waals surface area contributed by atoms with E-state index in [2.05, 4.69) is 5.32 Å². The number of nitrogens with zero attached hydrogens (tertiary/aromatic N) is 1. The summed E-state index contributed by atoms with van der Waals surface area (Å²) >= 11 is 0. The van der Waals surface area contributed by atoms with Gasteiger partial charge in [-0.2, -0.15) is 0 Å². The largest absolute Gasteiger partial charge is 0.462 e. The minimum Gasteiger partial charge on any atom is -0.462 e. The summed E-state index contributed by atoms with van der Waals surface area (Å²) in [6.45, 7) is 4.43. The number of nitrogens with one attached hydrogen (secondary N) is 1. The number of esters is 1. The molecule has 5 nitrogen and oxygen atoms in total. The fraction of sp³-hybridized carbons (Fsp3) is 0.222. The van der Waals surface area contributed by atoms with Crippen molar-refractivity contribution in [2.75, 3.05) is 23.4 Å². The number of amides is 2. The fourth-order valence-corrected chi connectivity index (χ4v) is 2.21. The molecule has 2 aromatic rings. The van der Waals surface area contributed by atoms with Gasteiger partial charge in [-0.15, -0.1) is 0 Å². The molecule has 23 heavy (non-hydrogen) atoms. The molecule has 0 aliphatic rings. The summed E-state index contributed by atoms with van der Waals surface area (Å²) in [5, 5.41) is 2.79. The number of carbonyl (C=O) groups is 2. The first-order valence-electron chi connectivity index (χ1n) is 7.57. The van der Waals surface area contributed by atoms with Crippen LogP contribution in [-0.4, -0.2) is 25.2 Å². The Morgan fingerprint density at radius 3 is 2.30 bits per heavy atom. The molecular formula is C18H20N2O3. The van der Waals surface area contributed by atoms with E-state index in [1.807, 2.05) is 37.3 Å². The van der Waals surface area contributed by atoms with Crippen molar-refractivity contribution in [2.24, 2.45) is 0 Å². The second-order valence-corrected chi connectivity index (χ2v) is 4.78. The van der Waals surface area contributed by atoms with Gasteiger partial charge in [0.2, 0.25) is 0 Å². The van der Waals surface area contributed by atoms with Crippen LogP contribution in [0.2, 0.25) is 0 Å². The normalized spacial score (nSPS) is 10.0. The summed E-state index contributed by atoms with van der Waals surface area (Å²) in [5.41, 5.74) is 1.57. The molecule has 2 amide bonds.